The first-order valence-corrected chi connectivity index (χ1v) is 6.52. The van der Waals surface area contributed by atoms with Gasteiger partial charge in [-0.15, -0.1) is 0 Å². The van der Waals surface area contributed by atoms with Gasteiger partial charge in [0.2, 0.25) is 5.91 Å². The number of benzene rings is 1. The van der Waals surface area contributed by atoms with E-state index in [2.05, 4.69) is 30.1 Å². The van der Waals surface area contributed by atoms with Crippen LogP contribution in [0.3, 0.4) is 0 Å². The molecule has 0 aliphatic carbocycles. The quantitative estimate of drug-likeness (QED) is 0.797. The molecule has 1 amide bonds. The van der Waals surface area contributed by atoms with Gasteiger partial charge in [0.1, 0.15) is 0 Å². The highest BCUT2D eigenvalue weighted by Crippen LogP contribution is 2.26. The fourth-order valence-electron chi connectivity index (χ4n) is 2.63. The van der Waals surface area contributed by atoms with Crippen molar-refractivity contribution in [1.29, 1.82) is 0 Å². The van der Waals surface area contributed by atoms with Gasteiger partial charge in [-0.3, -0.25) is 9.69 Å². The number of nitrogens with one attached hydrogen (secondary N) is 1. The zero-order valence-electron chi connectivity index (χ0n) is 11.0. The maximum atomic E-state index is 11.9. The second kappa shape index (κ2) is 5.40. The molecule has 4 nitrogen and oxygen atoms in total. The standard InChI is InChI=1S/C14H21N3O/c1-3-13-14(18)16-7-8-17(13)10(2)11-5-4-6-12(15)9-11/h4-6,9-10,13H,3,7-8,15H2,1-2H3,(H,16,18). The van der Waals surface area contributed by atoms with Crippen molar-refractivity contribution in [1.82, 2.24) is 10.2 Å². The molecule has 0 spiro atoms. The molecule has 3 N–H and O–H groups in total. The van der Waals surface area contributed by atoms with Crippen molar-refractivity contribution in [3.05, 3.63) is 29.8 Å². The van der Waals surface area contributed by atoms with Gasteiger partial charge in [-0.1, -0.05) is 19.1 Å². The smallest absolute Gasteiger partial charge is 0.237 e. The summed E-state index contributed by atoms with van der Waals surface area (Å²) in [6.45, 7) is 5.80. The molecule has 1 aromatic carbocycles. The molecule has 98 valence electrons. The van der Waals surface area contributed by atoms with Crippen molar-refractivity contribution in [2.75, 3.05) is 18.8 Å². The van der Waals surface area contributed by atoms with Gasteiger partial charge in [-0.2, -0.15) is 0 Å². The highest BCUT2D eigenvalue weighted by atomic mass is 16.2. The van der Waals surface area contributed by atoms with Gasteiger partial charge < -0.3 is 11.1 Å². The first kappa shape index (κ1) is 12.9. The van der Waals surface area contributed by atoms with Crippen LogP contribution in [0.5, 0.6) is 0 Å². The Balaban J connectivity index is 2.21. The molecule has 0 bridgehead atoms. The summed E-state index contributed by atoms with van der Waals surface area (Å²) in [6.07, 6.45) is 0.832. The fraction of sp³-hybridized carbons (Fsp3) is 0.500. The van der Waals surface area contributed by atoms with Crippen molar-refractivity contribution < 1.29 is 4.79 Å². The highest BCUT2D eigenvalue weighted by molar-refractivity contribution is 5.82. The van der Waals surface area contributed by atoms with Crippen LogP contribution in [-0.2, 0) is 4.79 Å². The molecule has 0 radical (unpaired) electrons. The first-order valence-electron chi connectivity index (χ1n) is 6.52. The summed E-state index contributed by atoms with van der Waals surface area (Å²) in [7, 11) is 0. The normalized spacial score (nSPS) is 22.6. The van der Waals surface area contributed by atoms with E-state index in [1.54, 1.807) is 0 Å². The van der Waals surface area contributed by atoms with Gasteiger partial charge in [0, 0.05) is 24.8 Å². The van der Waals surface area contributed by atoms with E-state index in [1.807, 2.05) is 18.2 Å². The maximum absolute atomic E-state index is 11.9. The summed E-state index contributed by atoms with van der Waals surface area (Å²) < 4.78 is 0. The minimum absolute atomic E-state index is 0.0322. The number of amides is 1. The van der Waals surface area contributed by atoms with E-state index >= 15 is 0 Å². The predicted molar refractivity (Wildman–Crippen MR) is 73.1 cm³/mol. The van der Waals surface area contributed by atoms with Crippen LogP contribution in [0.25, 0.3) is 0 Å². The van der Waals surface area contributed by atoms with E-state index < -0.39 is 0 Å². The Morgan fingerprint density at radius 2 is 2.33 bits per heavy atom. The molecular formula is C14H21N3O. The van der Waals surface area contributed by atoms with Gasteiger partial charge in [-0.05, 0) is 31.0 Å². The van der Waals surface area contributed by atoms with Gasteiger partial charge in [0.25, 0.3) is 0 Å². The number of rotatable bonds is 3. The van der Waals surface area contributed by atoms with Crippen LogP contribution in [0.15, 0.2) is 24.3 Å². The average Bonchev–Trinajstić information content (AvgIpc) is 2.37. The summed E-state index contributed by atoms with van der Waals surface area (Å²) in [4.78, 5) is 14.1. The Hall–Kier alpha value is -1.55. The molecule has 2 atom stereocenters. The van der Waals surface area contributed by atoms with Crippen molar-refractivity contribution in [3.8, 4) is 0 Å². The fourth-order valence-corrected chi connectivity index (χ4v) is 2.63. The lowest BCUT2D eigenvalue weighted by Crippen LogP contribution is -2.55. The molecule has 1 aliphatic heterocycles. The molecule has 1 fully saturated rings. The third-order valence-corrected chi connectivity index (χ3v) is 3.65. The largest absolute Gasteiger partial charge is 0.399 e. The van der Waals surface area contributed by atoms with E-state index in [0.717, 1.165) is 25.2 Å². The Labute approximate surface area is 108 Å². The van der Waals surface area contributed by atoms with Crippen LogP contribution in [0.4, 0.5) is 5.69 Å². The monoisotopic (exact) mass is 247 g/mol. The van der Waals surface area contributed by atoms with Crippen LogP contribution in [0, 0.1) is 0 Å². The predicted octanol–water partition coefficient (Wildman–Crippen LogP) is 1.54. The highest BCUT2D eigenvalue weighted by Gasteiger charge is 2.31. The third-order valence-electron chi connectivity index (χ3n) is 3.65. The number of hydrogen-bond donors (Lipinski definition) is 2. The number of nitrogen functional groups attached to an aromatic ring is 1. The average molecular weight is 247 g/mol. The van der Waals surface area contributed by atoms with Gasteiger partial charge >= 0.3 is 0 Å². The maximum Gasteiger partial charge on any atom is 0.237 e. The lowest BCUT2D eigenvalue weighted by atomic mass is 10.0. The van der Waals surface area contributed by atoms with Gasteiger partial charge in [0.05, 0.1) is 6.04 Å². The molecule has 1 heterocycles. The van der Waals surface area contributed by atoms with Crippen LogP contribution in [0.1, 0.15) is 31.9 Å². The minimum atomic E-state index is -0.0322. The second-order valence-electron chi connectivity index (χ2n) is 4.80. The van der Waals surface area contributed by atoms with Gasteiger partial charge in [0.15, 0.2) is 0 Å². The molecule has 1 aliphatic rings. The second-order valence-corrected chi connectivity index (χ2v) is 4.80. The molecule has 18 heavy (non-hydrogen) atoms. The number of nitrogens with zero attached hydrogens (tertiary/aromatic N) is 1. The molecular weight excluding hydrogens is 226 g/mol. The van der Waals surface area contributed by atoms with E-state index in [-0.39, 0.29) is 18.0 Å². The SMILES string of the molecule is CCC1C(=O)NCCN1C(C)c1cccc(N)c1. The number of anilines is 1. The van der Waals surface area contributed by atoms with E-state index in [4.69, 9.17) is 5.73 Å². The molecule has 2 unspecified atom stereocenters. The minimum Gasteiger partial charge on any atom is -0.399 e. The lowest BCUT2D eigenvalue weighted by molar-refractivity contribution is -0.130. The molecule has 1 aromatic rings. The summed E-state index contributed by atoms with van der Waals surface area (Å²) >= 11 is 0. The number of piperazine rings is 1. The number of carbonyl (C=O) groups is 1. The summed E-state index contributed by atoms with van der Waals surface area (Å²) in [5.41, 5.74) is 7.76. The summed E-state index contributed by atoms with van der Waals surface area (Å²) in [6, 6.07) is 8.09. The van der Waals surface area contributed by atoms with Crippen LogP contribution in [-0.4, -0.2) is 29.9 Å². The van der Waals surface area contributed by atoms with Crippen molar-refractivity contribution in [2.45, 2.75) is 32.4 Å². The Morgan fingerprint density at radius 3 is 3.00 bits per heavy atom. The number of carbonyl (C=O) groups excluding carboxylic acids is 1. The molecule has 0 aromatic heterocycles. The van der Waals surface area contributed by atoms with Crippen molar-refractivity contribution >= 4 is 11.6 Å². The Kier molecular flexibility index (Phi) is 3.87. The number of nitrogens with two attached hydrogens (primary N) is 1. The number of hydrogen-bond acceptors (Lipinski definition) is 3. The Bertz CT molecular complexity index is 433. The topological polar surface area (TPSA) is 58.4 Å². The van der Waals surface area contributed by atoms with Gasteiger partial charge in [-0.25, -0.2) is 0 Å². The van der Waals surface area contributed by atoms with E-state index in [9.17, 15) is 4.79 Å². The van der Waals surface area contributed by atoms with E-state index in [1.165, 1.54) is 5.56 Å². The zero-order chi connectivity index (χ0) is 13.1. The third kappa shape index (κ3) is 2.48. The molecule has 1 saturated heterocycles. The Morgan fingerprint density at radius 1 is 1.56 bits per heavy atom. The van der Waals surface area contributed by atoms with Crippen molar-refractivity contribution in [2.24, 2.45) is 0 Å². The first-order chi connectivity index (χ1) is 8.63. The molecule has 2 rings (SSSR count). The molecule has 4 heteroatoms. The van der Waals surface area contributed by atoms with Crippen LogP contribution in [0.2, 0.25) is 0 Å². The van der Waals surface area contributed by atoms with Crippen molar-refractivity contribution in [3.63, 3.8) is 0 Å². The lowest BCUT2D eigenvalue weighted by Gasteiger charge is -2.39. The van der Waals surface area contributed by atoms with E-state index in [0.29, 0.717) is 0 Å². The molecule has 0 saturated carbocycles. The summed E-state index contributed by atoms with van der Waals surface area (Å²) in [5, 5.41) is 2.93. The van der Waals surface area contributed by atoms with Crippen LogP contribution < -0.4 is 11.1 Å². The summed E-state index contributed by atoms with van der Waals surface area (Å²) in [5.74, 6) is 0.138. The zero-order valence-corrected chi connectivity index (χ0v) is 11.0. The van der Waals surface area contributed by atoms with Crippen LogP contribution >= 0.6 is 0 Å².